The van der Waals surface area contributed by atoms with Gasteiger partial charge < -0.3 is 10.2 Å². The smallest absolute Gasteiger partial charge is 0.275 e. The first kappa shape index (κ1) is 18.8. The molecule has 2 rings (SSSR count). The predicted octanol–water partition coefficient (Wildman–Crippen LogP) is 1.75. The van der Waals surface area contributed by atoms with Crippen LogP contribution in [-0.2, 0) is 0 Å². The van der Waals surface area contributed by atoms with Crippen molar-refractivity contribution in [2.45, 2.75) is 26.3 Å². The molecule has 0 unspecified atom stereocenters. The molecule has 1 aromatic carbocycles. The minimum Gasteiger partial charge on any atom is -0.349 e. The summed E-state index contributed by atoms with van der Waals surface area (Å²) in [6.07, 6.45) is 0. The lowest BCUT2D eigenvalue weighted by Gasteiger charge is -2.32. The Morgan fingerprint density at radius 1 is 1.32 bits per heavy atom. The highest BCUT2D eigenvalue weighted by Crippen LogP contribution is 2.13. The van der Waals surface area contributed by atoms with E-state index in [9.17, 15) is 14.0 Å². The van der Waals surface area contributed by atoms with Crippen LogP contribution in [0.5, 0.6) is 0 Å². The van der Waals surface area contributed by atoms with E-state index in [0.29, 0.717) is 12.2 Å². The van der Waals surface area contributed by atoms with E-state index in [-0.39, 0.29) is 16.9 Å². The van der Waals surface area contributed by atoms with Crippen LogP contribution < -0.4 is 10.7 Å². The third kappa shape index (κ3) is 4.11. The highest BCUT2D eigenvalue weighted by Gasteiger charge is 2.23. The Bertz CT molecular complexity index is 843. The van der Waals surface area contributed by atoms with Crippen LogP contribution in [0, 0.1) is 12.7 Å². The number of carbonyl (C=O) groups is 1. The molecule has 0 aliphatic heterocycles. The summed E-state index contributed by atoms with van der Waals surface area (Å²) in [5, 5.41) is 6.81. The fourth-order valence-electron chi connectivity index (χ4n) is 2.11. The molecule has 6 nitrogen and oxygen atoms in total. The van der Waals surface area contributed by atoms with Crippen molar-refractivity contribution >= 4 is 5.91 Å². The molecule has 1 amide bonds. The Labute approximate surface area is 146 Å². The number of aryl methyl sites for hydroxylation is 1. The van der Waals surface area contributed by atoms with Gasteiger partial charge >= 0.3 is 0 Å². The van der Waals surface area contributed by atoms with E-state index in [1.807, 2.05) is 32.8 Å². The summed E-state index contributed by atoms with van der Waals surface area (Å²) in [4.78, 5) is 26.5. The topological polar surface area (TPSA) is 67.2 Å². The van der Waals surface area contributed by atoms with Crippen LogP contribution >= 0.6 is 0 Å². The maximum atomic E-state index is 14.0. The molecule has 25 heavy (non-hydrogen) atoms. The fraction of sp³-hybridized carbons (Fsp3) is 0.389. The van der Waals surface area contributed by atoms with Gasteiger partial charge in [0, 0.05) is 23.8 Å². The zero-order valence-electron chi connectivity index (χ0n) is 15.1. The zero-order chi connectivity index (χ0) is 18.8. The maximum absolute atomic E-state index is 14.0. The van der Waals surface area contributed by atoms with Crippen LogP contribution in [0.1, 0.15) is 30.0 Å². The van der Waals surface area contributed by atoms with E-state index < -0.39 is 17.2 Å². The van der Waals surface area contributed by atoms with Gasteiger partial charge in [-0.25, -0.2) is 9.07 Å². The van der Waals surface area contributed by atoms with E-state index in [2.05, 4.69) is 10.4 Å². The van der Waals surface area contributed by atoms with Gasteiger partial charge in [0.15, 0.2) is 5.69 Å². The van der Waals surface area contributed by atoms with E-state index in [4.69, 9.17) is 0 Å². The predicted molar refractivity (Wildman–Crippen MR) is 94.6 cm³/mol. The average molecular weight is 346 g/mol. The summed E-state index contributed by atoms with van der Waals surface area (Å²) in [5.41, 5.74) is -0.415. The van der Waals surface area contributed by atoms with Crippen molar-refractivity contribution in [2.75, 3.05) is 20.6 Å². The van der Waals surface area contributed by atoms with Crippen LogP contribution in [0.3, 0.4) is 0 Å². The number of likely N-dealkylation sites (N-methyl/N-ethyl adjacent to an activating group) is 1. The van der Waals surface area contributed by atoms with Gasteiger partial charge in [-0.2, -0.15) is 5.10 Å². The average Bonchev–Trinajstić information content (AvgIpc) is 2.53. The number of nitrogens with zero attached hydrogens (tertiary/aromatic N) is 3. The summed E-state index contributed by atoms with van der Waals surface area (Å²) in [5.74, 6) is -1.06. The minimum atomic E-state index is -0.579. The molecule has 2 aromatic rings. The SMILES string of the molecule is Cc1cc(=O)c(C(=O)NCC(C)(C)N(C)C)nn1-c1ccccc1F. The molecule has 0 saturated heterocycles. The van der Waals surface area contributed by atoms with Crippen molar-refractivity contribution in [1.29, 1.82) is 0 Å². The van der Waals surface area contributed by atoms with Gasteiger partial charge in [0.25, 0.3) is 5.91 Å². The molecule has 0 aliphatic rings. The van der Waals surface area contributed by atoms with E-state index >= 15 is 0 Å². The number of rotatable bonds is 5. The molecule has 1 aromatic heterocycles. The molecule has 0 saturated carbocycles. The van der Waals surface area contributed by atoms with Gasteiger partial charge in [0.05, 0.1) is 0 Å². The number of hydrogen-bond donors (Lipinski definition) is 1. The standard InChI is InChI=1S/C18H23FN4O2/c1-12-10-15(24)16(17(25)20-11-18(2,3)22(4)5)21-23(12)14-9-7-6-8-13(14)19/h6-10H,11H2,1-5H3,(H,20,25). The van der Waals surface area contributed by atoms with E-state index in [1.54, 1.807) is 19.1 Å². The Kier molecular flexibility index (Phi) is 5.37. The fourth-order valence-corrected chi connectivity index (χ4v) is 2.11. The second-order valence-electron chi connectivity index (χ2n) is 6.75. The van der Waals surface area contributed by atoms with Crippen molar-refractivity contribution in [3.63, 3.8) is 0 Å². The second kappa shape index (κ2) is 7.14. The molecule has 0 spiro atoms. The lowest BCUT2D eigenvalue weighted by molar-refractivity contribution is 0.0911. The number of benzene rings is 1. The second-order valence-corrected chi connectivity index (χ2v) is 6.75. The minimum absolute atomic E-state index is 0.183. The molecule has 0 aliphatic carbocycles. The van der Waals surface area contributed by atoms with Crippen molar-refractivity contribution in [2.24, 2.45) is 0 Å². The number of carbonyl (C=O) groups excluding carboxylic acids is 1. The van der Waals surface area contributed by atoms with Crippen molar-refractivity contribution in [1.82, 2.24) is 20.0 Å². The highest BCUT2D eigenvalue weighted by molar-refractivity contribution is 5.92. The van der Waals surface area contributed by atoms with Crippen LogP contribution in [0.15, 0.2) is 35.1 Å². The van der Waals surface area contributed by atoms with Gasteiger partial charge in [-0.3, -0.25) is 9.59 Å². The summed E-state index contributed by atoms with van der Waals surface area (Å²) >= 11 is 0. The molecule has 0 atom stereocenters. The quantitative estimate of drug-likeness (QED) is 0.896. The van der Waals surface area contributed by atoms with Gasteiger partial charge in [-0.15, -0.1) is 0 Å². The van der Waals surface area contributed by atoms with E-state index in [1.165, 1.54) is 22.9 Å². The lowest BCUT2D eigenvalue weighted by atomic mass is 10.0. The number of para-hydroxylation sites is 1. The Hall–Kier alpha value is -2.54. The first-order valence-electron chi connectivity index (χ1n) is 7.95. The highest BCUT2D eigenvalue weighted by atomic mass is 19.1. The summed E-state index contributed by atoms with van der Waals surface area (Å²) in [7, 11) is 3.81. The Morgan fingerprint density at radius 3 is 2.56 bits per heavy atom. The molecule has 7 heteroatoms. The van der Waals surface area contributed by atoms with Gasteiger partial charge in [-0.1, -0.05) is 12.1 Å². The zero-order valence-corrected chi connectivity index (χ0v) is 15.1. The van der Waals surface area contributed by atoms with Crippen molar-refractivity contribution in [3.05, 3.63) is 57.8 Å². The number of amides is 1. The number of aromatic nitrogens is 2. The largest absolute Gasteiger partial charge is 0.349 e. The molecule has 0 bridgehead atoms. The normalized spacial score (nSPS) is 11.6. The Morgan fingerprint density at radius 2 is 1.96 bits per heavy atom. The monoisotopic (exact) mass is 346 g/mol. The third-order valence-electron chi connectivity index (χ3n) is 4.30. The Balaban J connectivity index is 2.36. The summed E-state index contributed by atoms with van der Waals surface area (Å²) < 4.78 is 15.3. The van der Waals surface area contributed by atoms with Crippen molar-refractivity contribution < 1.29 is 9.18 Å². The lowest BCUT2D eigenvalue weighted by Crippen LogP contribution is -2.48. The summed E-state index contributed by atoms with van der Waals surface area (Å²) in [6, 6.07) is 7.35. The number of hydrogen-bond acceptors (Lipinski definition) is 4. The van der Waals surface area contributed by atoms with Crippen LogP contribution in [0.25, 0.3) is 5.69 Å². The van der Waals surface area contributed by atoms with E-state index in [0.717, 1.165) is 0 Å². The first-order chi connectivity index (χ1) is 11.6. The molecule has 1 heterocycles. The molecule has 1 N–H and O–H groups in total. The van der Waals surface area contributed by atoms with Crippen LogP contribution in [0.2, 0.25) is 0 Å². The van der Waals surface area contributed by atoms with Gasteiger partial charge in [-0.05, 0) is 47.0 Å². The molecule has 0 fully saturated rings. The van der Waals surface area contributed by atoms with Gasteiger partial charge in [0.1, 0.15) is 11.5 Å². The first-order valence-corrected chi connectivity index (χ1v) is 7.95. The van der Waals surface area contributed by atoms with Crippen LogP contribution in [0.4, 0.5) is 4.39 Å². The molecule has 0 radical (unpaired) electrons. The van der Waals surface area contributed by atoms with Gasteiger partial charge in [0.2, 0.25) is 5.43 Å². The number of nitrogens with one attached hydrogen (secondary N) is 1. The third-order valence-corrected chi connectivity index (χ3v) is 4.30. The van der Waals surface area contributed by atoms with Crippen LogP contribution in [-0.4, -0.2) is 46.8 Å². The summed E-state index contributed by atoms with van der Waals surface area (Å²) in [6.45, 7) is 5.91. The molecule has 134 valence electrons. The molecular formula is C18H23FN4O2. The van der Waals surface area contributed by atoms with Crippen molar-refractivity contribution in [3.8, 4) is 5.69 Å². The molecular weight excluding hydrogens is 323 g/mol. The maximum Gasteiger partial charge on any atom is 0.275 e. The number of halogens is 1.